The van der Waals surface area contributed by atoms with E-state index in [0.29, 0.717) is 10.8 Å². The van der Waals surface area contributed by atoms with Gasteiger partial charge in [0.2, 0.25) is 0 Å². The van der Waals surface area contributed by atoms with Crippen molar-refractivity contribution in [3.63, 3.8) is 0 Å². The van der Waals surface area contributed by atoms with Crippen molar-refractivity contribution in [2.75, 3.05) is 0 Å². The maximum Gasteiger partial charge on any atom is 0.0945 e. The minimum atomic E-state index is 0.457. The third-order valence-electron chi connectivity index (χ3n) is 1.84. The summed E-state index contributed by atoms with van der Waals surface area (Å²) < 4.78 is 0. The molecule has 0 saturated carbocycles. The highest BCUT2D eigenvalue weighted by molar-refractivity contribution is 4.87. The molecule has 0 aliphatic rings. The van der Waals surface area contributed by atoms with Crippen LogP contribution < -0.4 is 0 Å². The molecule has 0 unspecified atom stereocenters. The molecule has 0 fully saturated rings. The van der Waals surface area contributed by atoms with Gasteiger partial charge in [-0.25, -0.2) is 0 Å². The van der Waals surface area contributed by atoms with E-state index >= 15 is 0 Å². The molecule has 72 valence electrons. The third-order valence-corrected chi connectivity index (χ3v) is 1.84. The summed E-state index contributed by atoms with van der Waals surface area (Å²) in [5, 5.41) is 0. The smallest absolute Gasteiger partial charge is 0.0602 e. The average molecular weight is 169 g/mol. The van der Waals surface area contributed by atoms with Crippen molar-refractivity contribution in [3.8, 4) is 0 Å². The summed E-state index contributed by atoms with van der Waals surface area (Å²) in [6.45, 7) is 16.1. The summed E-state index contributed by atoms with van der Waals surface area (Å²) in [4.78, 5) is 0. The van der Waals surface area contributed by atoms with Crippen LogP contribution in [-0.4, -0.2) is 0 Å². The third kappa shape index (κ3) is 6.57. The van der Waals surface area contributed by atoms with Crippen LogP contribution in [0, 0.1) is 16.7 Å². The molecule has 0 amide bonds. The molecule has 0 spiro atoms. The van der Waals surface area contributed by atoms with Crippen LogP contribution in [-0.2, 0) is 0 Å². The van der Waals surface area contributed by atoms with Crippen molar-refractivity contribution in [3.05, 3.63) is 5.92 Å². The van der Waals surface area contributed by atoms with Gasteiger partial charge in [-0.3, -0.25) is 0 Å². The lowest BCUT2D eigenvalue weighted by Gasteiger charge is -2.30. The predicted octanol–water partition coefficient (Wildman–Crippen LogP) is 4.45. The van der Waals surface area contributed by atoms with E-state index in [1.165, 1.54) is 12.8 Å². The zero-order chi connectivity index (χ0) is 9.99. The van der Waals surface area contributed by atoms with Crippen LogP contribution in [0.4, 0.5) is 0 Å². The van der Waals surface area contributed by atoms with E-state index < -0.39 is 0 Å². The Morgan fingerprint density at radius 3 is 1.58 bits per heavy atom. The molecule has 0 saturated heterocycles. The molecular weight excluding hydrogens is 144 g/mol. The van der Waals surface area contributed by atoms with E-state index in [1.54, 1.807) is 5.92 Å². The fraction of sp³-hybridized carbons (Fsp3) is 0.917. The fourth-order valence-corrected chi connectivity index (χ4v) is 2.46. The minimum absolute atomic E-state index is 0.457. The molecule has 0 N–H and O–H groups in total. The van der Waals surface area contributed by atoms with Crippen LogP contribution in [0.3, 0.4) is 0 Å². The zero-order valence-electron chi connectivity index (χ0n) is 9.91. The van der Waals surface area contributed by atoms with Crippen molar-refractivity contribution in [1.82, 2.24) is 0 Å². The van der Waals surface area contributed by atoms with E-state index in [2.05, 4.69) is 48.5 Å². The van der Waals surface area contributed by atoms with Gasteiger partial charge in [-0.05, 0) is 11.8 Å². The first-order valence-electron chi connectivity index (χ1n) is 4.91. The molecule has 0 aromatic carbocycles. The Balaban J connectivity index is 4.04. The molecule has 0 aromatic rings. The van der Waals surface area contributed by atoms with Gasteiger partial charge in [0, 0.05) is 5.41 Å². The van der Waals surface area contributed by atoms with E-state index in [1.807, 2.05) is 0 Å². The van der Waals surface area contributed by atoms with Crippen molar-refractivity contribution in [2.24, 2.45) is 10.8 Å². The standard InChI is InChI=1S/C12H25/c1-10(2)8-12(6,7)9-11(3,4)5/h8-9H2,1-7H3/q+1. The molecule has 0 heteroatoms. The monoisotopic (exact) mass is 169 g/mol. The van der Waals surface area contributed by atoms with E-state index in [-0.39, 0.29) is 0 Å². The van der Waals surface area contributed by atoms with Gasteiger partial charge in [0.15, 0.2) is 0 Å². The Bertz CT molecular complexity index is 123. The summed E-state index contributed by atoms with van der Waals surface area (Å²) in [6.07, 6.45) is 2.55. The Labute approximate surface area is 78.8 Å². The summed E-state index contributed by atoms with van der Waals surface area (Å²) in [5.74, 6) is 1.55. The normalized spacial score (nSPS) is 13.2. The lowest BCUT2D eigenvalue weighted by Crippen LogP contribution is -2.21. The summed E-state index contributed by atoms with van der Waals surface area (Å²) in [6, 6.07) is 0. The lowest BCUT2D eigenvalue weighted by molar-refractivity contribution is 0.204. The largest absolute Gasteiger partial charge is 0.0945 e. The van der Waals surface area contributed by atoms with Crippen LogP contribution >= 0.6 is 0 Å². The summed E-state index contributed by atoms with van der Waals surface area (Å²) >= 11 is 0. The second kappa shape index (κ2) is 3.72. The second-order valence-electron chi connectivity index (χ2n) is 6.29. The highest BCUT2D eigenvalue weighted by Crippen LogP contribution is 2.37. The van der Waals surface area contributed by atoms with E-state index in [9.17, 15) is 0 Å². The van der Waals surface area contributed by atoms with Crippen molar-refractivity contribution >= 4 is 0 Å². The number of hydrogen-bond donors (Lipinski definition) is 0. The quantitative estimate of drug-likeness (QED) is 0.547. The van der Waals surface area contributed by atoms with E-state index in [0.717, 1.165) is 0 Å². The first-order valence-corrected chi connectivity index (χ1v) is 4.91. The minimum Gasteiger partial charge on any atom is -0.0602 e. The molecule has 0 heterocycles. The van der Waals surface area contributed by atoms with Crippen molar-refractivity contribution in [1.29, 1.82) is 0 Å². The van der Waals surface area contributed by atoms with Gasteiger partial charge in [-0.1, -0.05) is 34.6 Å². The number of hydrogen-bond acceptors (Lipinski definition) is 0. The Morgan fingerprint density at radius 2 is 1.33 bits per heavy atom. The molecule has 12 heavy (non-hydrogen) atoms. The molecule has 0 bridgehead atoms. The van der Waals surface area contributed by atoms with Gasteiger partial charge in [0.25, 0.3) is 0 Å². The highest BCUT2D eigenvalue weighted by Gasteiger charge is 2.30. The maximum atomic E-state index is 2.37. The SMILES string of the molecule is C[C+](C)CC(C)(C)CC(C)(C)C. The first-order chi connectivity index (χ1) is 5.12. The molecule has 0 rings (SSSR count). The Kier molecular flexibility index (Phi) is 3.68. The molecular formula is C12H25+. The fourth-order valence-electron chi connectivity index (χ4n) is 2.46. The molecule has 0 aliphatic heterocycles. The molecule has 0 nitrogen and oxygen atoms in total. The molecule has 0 atom stereocenters. The first kappa shape index (κ1) is 11.9. The van der Waals surface area contributed by atoms with Crippen LogP contribution in [0.25, 0.3) is 0 Å². The summed E-state index contributed by atoms with van der Waals surface area (Å²) in [5.41, 5.74) is 0.927. The van der Waals surface area contributed by atoms with Gasteiger partial charge in [-0.15, -0.1) is 0 Å². The van der Waals surface area contributed by atoms with E-state index in [4.69, 9.17) is 0 Å². The van der Waals surface area contributed by atoms with Gasteiger partial charge in [0.05, 0.1) is 26.2 Å². The lowest BCUT2D eigenvalue weighted by atomic mass is 9.72. The van der Waals surface area contributed by atoms with Crippen molar-refractivity contribution in [2.45, 2.75) is 61.3 Å². The van der Waals surface area contributed by atoms with Crippen molar-refractivity contribution < 1.29 is 0 Å². The summed E-state index contributed by atoms with van der Waals surface area (Å²) in [7, 11) is 0. The number of rotatable bonds is 3. The molecule has 0 radical (unpaired) electrons. The maximum absolute atomic E-state index is 2.37. The molecule has 0 aromatic heterocycles. The average Bonchev–Trinajstić information content (AvgIpc) is 1.48. The predicted molar refractivity (Wildman–Crippen MR) is 57.1 cm³/mol. The second-order valence-corrected chi connectivity index (χ2v) is 6.29. The zero-order valence-corrected chi connectivity index (χ0v) is 9.91. The van der Waals surface area contributed by atoms with Gasteiger partial charge >= 0.3 is 0 Å². The Hall–Kier alpha value is -0.130. The van der Waals surface area contributed by atoms with Crippen LogP contribution in [0.1, 0.15) is 61.3 Å². The Morgan fingerprint density at radius 1 is 0.917 bits per heavy atom. The molecule has 0 aliphatic carbocycles. The highest BCUT2D eigenvalue weighted by atomic mass is 14.3. The van der Waals surface area contributed by atoms with Crippen LogP contribution in [0.2, 0.25) is 0 Å². The topological polar surface area (TPSA) is 0 Å². The van der Waals surface area contributed by atoms with Gasteiger partial charge < -0.3 is 0 Å². The van der Waals surface area contributed by atoms with Crippen LogP contribution in [0.5, 0.6) is 0 Å². The van der Waals surface area contributed by atoms with Crippen LogP contribution in [0.15, 0.2) is 0 Å². The van der Waals surface area contributed by atoms with Gasteiger partial charge in [-0.2, -0.15) is 0 Å². The van der Waals surface area contributed by atoms with Gasteiger partial charge in [0.1, 0.15) is 0 Å².